The molecule has 0 spiro atoms. The first-order valence-corrected chi connectivity index (χ1v) is 11.5. The van der Waals surface area contributed by atoms with E-state index in [4.69, 9.17) is 0 Å². The summed E-state index contributed by atoms with van der Waals surface area (Å²) in [4.78, 5) is 13.5. The van der Waals surface area contributed by atoms with Crippen molar-refractivity contribution in [3.8, 4) is 5.69 Å². The molecule has 0 radical (unpaired) electrons. The highest BCUT2D eigenvalue weighted by Gasteiger charge is 2.30. The van der Waals surface area contributed by atoms with Crippen molar-refractivity contribution in [2.24, 2.45) is 0 Å². The number of benzene rings is 3. The summed E-state index contributed by atoms with van der Waals surface area (Å²) in [5.41, 5.74) is 2.84. The molecule has 0 aliphatic heterocycles. The molecule has 0 saturated carbocycles. The smallest absolute Gasteiger partial charge is 0.268 e. The molecule has 172 valence electrons. The van der Waals surface area contributed by atoms with Crippen LogP contribution < -0.4 is 5.56 Å². The van der Waals surface area contributed by atoms with Gasteiger partial charge in [0.2, 0.25) is 5.78 Å². The van der Waals surface area contributed by atoms with Gasteiger partial charge in [0.25, 0.3) is 5.56 Å². The van der Waals surface area contributed by atoms with Crippen molar-refractivity contribution >= 4 is 28.4 Å². The number of aryl methyl sites for hydroxylation is 2. The van der Waals surface area contributed by atoms with Crippen molar-refractivity contribution in [1.82, 2.24) is 19.2 Å². The van der Waals surface area contributed by atoms with Gasteiger partial charge in [0.15, 0.2) is 5.16 Å². The molecule has 0 aliphatic rings. The predicted molar refractivity (Wildman–Crippen MR) is 127 cm³/mol. The Hall–Kier alpha value is -3.59. The first kappa shape index (κ1) is 22.2. The summed E-state index contributed by atoms with van der Waals surface area (Å²) in [5.74, 6) is 0.620. The van der Waals surface area contributed by atoms with E-state index in [0.717, 1.165) is 28.9 Å². The van der Waals surface area contributed by atoms with E-state index in [1.165, 1.54) is 17.8 Å². The fraction of sp³-hybridized carbons (Fsp3) is 0.160. The number of hydrogen-bond acceptors (Lipinski definition) is 4. The molecule has 0 N–H and O–H groups in total. The van der Waals surface area contributed by atoms with Gasteiger partial charge < -0.3 is 0 Å². The molecule has 5 nitrogen and oxygen atoms in total. The van der Waals surface area contributed by atoms with Crippen LogP contribution in [0.2, 0.25) is 0 Å². The highest BCUT2D eigenvalue weighted by atomic mass is 32.2. The molecule has 0 saturated heterocycles. The number of halogens is 3. The van der Waals surface area contributed by atoms with Crippen LogP contribution in [0.25, 0.3) is 22.4 Å². The van der Waals surface area contributed by atoms with Gasteiger partial charge in [-0.15, -0.1) is 10.2 Å². The first-order chi connectivity index (χ1) is 16.3. The van der Waals surface area contributed by atoms with E-state index >= 15 is 0 Å². The molecule has 2 aromatic heterocycles. The van der Waals surface area contributed by atoms with Gasteiger partial charge in [-0.1, -0.05) is 60.3 Å². The van der Waals surface area contributed by atoms with Gasteiger partial charge >= 0.3 is 6.18 Å². The Morgan fingerprint density at radius 3 is 2.35 bits per heavy atom. The van der Waals surface area contributed by atoms with E-state index in [9.17, 15) is 18.0 Å². The molecule has 34 heavy (non-hydrogen) atoms. The summed E-state index contributed by atoms with van der Waals surface area (Å²) in [7, 11) is 0. The van der Waals surface area contributed by atoms with Crippen molar-refractivity contribution in [3.05, 3.63) is 99.3 Å². The molecular weight excluding hydrogens is 461 g/mol. The van der Waals surface area contributed by atoms with Crippen LogP contribution in [-0.4, -0.2) is 19.2 Å². The lowest BCUT2D eigenvalue weighted by Crippen LogP contribution is -2.23. The Balaban J connectivity index is 1.68. The van der Waals surface area contributed by atoms with Crippen LogP contribution in [0.1, 0.15) is 22.3 Å². The van der Waals surface area contributed by atoms with Gasteiger partial charge in [-0.2, -0.15) is 13.2 Å². The Kier molecular flexibility index (Phi) is 5.44. The van der Waals surface area contributed by atoms with E-state index in [1.807, 2.05) is 44.2 Å². The number of para-hydroxylation sites is 2. The van der Waals surface area contributed by atoms with Gasteiger partial charge in [-0.05, 0) is 48.7 Å². The lowest BCUT2D eigenvalue weighted by Gasteiger charge is -2.15. The molecular formula is C25H19F3N4OS. The topological polar surface area (TPSA) is 52.2 Å². The van der Waals surface area contributed by atoms with Crippen molar-refractivity contribution in [1.29, 1.82) is 0 Å². The summed E-state index contributed by atoms with van der Waals surface area (Å²) in [6, 6.07) is 18.2. The maximum Gasteiger partial charge on any atom is 0.416 e. The van der Waals surface area contributed by atoms with E-state index in [0.29, 0.717) is 27.4 Å². The number of aromatic nitrogens is 4. The number of fused-ring (bicyclic) bond motifs is 3. The lowest BCUT2D eigenvalue weighted by molar-refractivity contribution is -0.137. The van der Waals surface area contributed by atoms with Gasteiger partial charge in [0.1, 0.15) is 0 Å². The molecule has 5 rings (SSSR count). The Morgan fingerprint density at radius 2 is 1.62 bits per heavy atom. The zero-order chi connectivity index (χ0) is 24.0. The quantitative estimate of drug-likeness (QED) is 0.298. The Bertz CT molecular complexity index is 1580. The van der Waals surface area contributed by atoms with Crippen LogP contribution in [0.5, 0.6) is 0 Å². The van der Waals surface area contributed by atoms with Crippen molar-refractivity contribution in [3.63, 3.8) is 0 Å². The lowest BCUT2D eigenvalue weighted by atomic mass is 10.1. The predicted octanol–water partition coefficient (Wildman–Crippen LogP) is 5.96. The minimum absolute atomic E-state index is 0.206. The van der Waals surface area contributed by atoms with Crippen LogP contribution >= 0.6 is 11.8 Å². The summed E-state index contributed by atoms with van der Waals surface area (Å²) in [6.45, 7) is 3.86. The number of nitrogens with zero attached hydrogens (tertiary/aromatic N) is 4. The third kappa shape index (κ3) is 3.75. The summed E-state index contributed by atoms with van der Waals surface area (Å²) >= 11 is 1.27. The summed E-state index contributed by atoms with van der Waals surface area (Å²) in [6.07, 6.45) is -4.40. The zero-order valence-corrected chi connectivity index (χ0v) is 19.1. The molecule has 0 unspecified atom stereocenters. The fourth-order valence-corrected chi connectivity index (χ4v) is 5.00. The van der Waals surface area contributed by atoms with Gasteiger partial charge in [0.05, 0.1) is 22.2 Å². The minimum atomic E-state index is -4.40. The van der Waals surface area contributed by atoms with Crippen LogP contribution in [-0.2, 0) is 11.9 Å². The number of alkyl halides is 3. The summed E-state index contributed by atoms with van der Waals surface area (Å²) < 4.78 is 42.7. The van der Waals surface area contributed by atoms with Crippen molar-refractivity contribution < 1.29 is 13.2 Å². The van der Waals surface area contributed by atoms with Gasteiger partial charge in [0, 0.05) is 5.75 Å². The molecule has 0 aliphatic carbocycles. The van der Waals surface area contributed by atoms with E-state index in [1.54, 1.807) is 27.2 Å². The third-order valence-corrected chi connectivity index (χ3v) is 6.68. The minimum Gasteiger partial charge on any atom is -0.268 e. The van der Waals surface area contributed by atoms with Crippen molar-refractivity contribution in [2.75, 3.05) is 0 Å². The number of rotatable bonds is 4. The summed E-state index contributed by atoms with van der Waals surface area (Å²) in [5, 5.41) is 9.63. The third-order valence-electron chi connectivity index (χ3n) is 5.68. The van der Waals surface area contributed by atoms with Crippen LogP contribution in [0, 0.1) is 13.8 Å². The molecule has 9 heteroatoms. The molecule has 5 aromatic rings. The maximum atomic E-state index is 13.5. The second kappa shape index (κ2) is 8.32. The molecule has 0 atom stereocenters. The van der Waals surface area contributed by atoms with Gasteiger partial charge in [-0.3, -0.25) is 9.20 Å². The molecule has 3 aromatic carbocycles. The standard InChI is InChI=1S/C25H19F3N4OS/c1-15-7-5-8-16(2)21(15)32-22(33)19-11-3-4-12-20(19)31-23(32)29-30-24(31)34-14-17-9-6-10-18(13-17)25(26,27)28/h3-13H,14H2,1-2H3. The van der Waals surface area contributed by atoms with E-state index in [-0.39, 0.29) is 11.3 Å². The second-order valence-corrected chi connectivity index (χ2v) is 8.95. The monoisotopic (exact) mass is 480 g/mol. The number of hydrogen-bond donors (Lipinski definition) is 0. The normalized spacial score (nSPS) is 12.0. The highest BCUT2D eigenvalue weighted by Crippen LogP contribution is 2.32. The SMILES string of the molecule is Cc1cccc(C)c1-n1c(=O)c2ccccc2n2c(SCc3cccc(C(F)(F)F)c3)nnc12. The second-order valence-electron chi connectivity index (χ2n) is 8.00. The highest BCUT2D eigenvalue weighted by molar-refractivity contribution is 7.98. The van der Waals surface area contributed by atoms with Crippen LogP contribution in [0.3, 0.4) is 0 Å². The first-order valence-electron chi connectivity index (χ1n) is 10.5. The van der Waals surface area contributed by atoms with Gasteiger partial charge in [-0.25, -0.2) is 4.57 Å². The molecule has 0 bridgehead atoms. The zero-order valence-electron chi connectivity index (χ0n) is 18.3. The maximum absolute atomic E-state index is 13.5. The molecule has 0 fully saturated rings. The average molecular weight is 481 g/mol. The number of thioether (sulfide) groups is 1. The largest absolute Gasteiger partial charge is 0.416 e. The average Bonchev–Trinajstić information content (AvgIpc) is 3.23. The van der Waals surface area contributed by atoms with E-state index < -0.39 is 11.7 Å². The molecule has 0 amide bonds. The molecule has 2 heterocycles. The van der Waals surface area contributed by atoms with Crippen molar-refractivity contribution in [2.45, 2.75) is 30.9 Å². The van der Waals surface area contributed by atoms with E-state index in [2.05, 4.69) is 10.2 Å². The Labute approximate surface area is 196 Å². The van der Waals surface area contributed by atoms with Crippen LogP contribution in [0.15, 0.2) is 76.7 Å². The van der Waals surface area contributed by atoms with Crippen LogP contribution in [0.4, 0.5) is 13.2 Å². The fourth-order valence-electron chi connectivity index (χ4n) is 4.12. The Morgan fingerprint density at radius 1 is 0.912 bits per heavy atom.